The molecule has 0 radical (unpaired) electrons. The fraction of sp³-hybridized carbons (Fsp3) is 0.625. The Bertz CT molecular complexity index is 448. The standard InChI is InChI=1S/C16H23Br3N2/c1-3-6-21-7-4-12(5-8-21)11(2)20-16-14(18)9-13(17)10-15(16)19/h9-12,20H,3-8H2,1-2H3. The van der Waals surface area contributed by atoms with Crippen LogP contribution in [0.25, 0.3) is 0 Å². The molecule has 1 aliphatic rings. The first-order chi connectivity index (χ1) is 10.0. The third-order valence-corrected chi connectivity index (χ3v) is 5.97. The molecular formula is C16H23Br3N2. The van der Waals surface area contributed by atoms with Crippen LogP contribution in [0.4, 0.5) is 5.69 Å². The largest absolute Gasteiger partial charge is 0.380 e. The molecule has 1 aliphatic heterocycles. The molecule has 1 saturated heterocycles. The summed E-state index contributed by atoms with van der Waals surface area (Å²) in [5.74, 6) is 0.751. The van der Waals surface area contributed by atoms with Gasteiger partial charge < -0.3 is 10.2 Å². The van der Waals surface area contributed by atoms with Gasteiger partial charge in [0.25, 0.3) is 0 Å². The van der Waals surface area contributed by atoms with Crippen molar-refractivity contribution < 1.29 is 0 Å². The van der Waals surface area contributed by atoms with Crippen LogP contribution in [0.2, 0.25) is 0 Å². The number of nitrogens with zero attached hydrogens (tertiary/aromatic N) is 1. The molecule has 1 N–H and O–H groups in total. The fourth-order valence-electron chi connectivity index (χ4n) is 3.02. The molecule has 1 aromatic carbocycles. The summed E-state index contributed by atoms with van der Waals surface area (Å²) in [5, 5.41) is 3.69. The quantitative estimate of drug-likeness (QED) is 0.562. The van der Waals surface area contributed by atoms with Crippen LogP contribution in [0.1, 0.15) is 33.1 Å². The average molecular weight is 483 g/mol. The van der Waals surface area contributed by atoms with Gasteiger partial charge in [-0.05, 0) is 95.7 Å². The number of likely N-dealkylation sites (tertiary alicyclic amines) is 1. The first kappa shape index (κ1) is 17.8. The molecule has 0 saturated carbocycles. The minimum absolute atomic E-state index is 0.488. The molecule has 5 heteroatoms. The van der Waals surface area contributed by atoms with E-state index in [-0.39, 0.29) is 0 Å². The number of halogens is 3. The Balaban J connectivity index is 1.95. The first-order valence-electron chi connectivity index (χ1n) is 7.64. The van der Waals surface area contributed by atoms with Gasteiger partial charge in [0.1, 0.15) is 0 Å². The summed E-state index contributed by atoms with van der Waals surface area (Å²) < 4.78 is 3.27. The second-order valence-corrected chi connectivity index (χ2v) is 8.48. The highest BCUT2D eigenvalue weighted by Gasteiger charge is 2.24. The van der Waals surface area contributed by atoms with Crippen molar-refractivity contribution in [3.63, 3.8) is 0 Å². The van der Waals surface area contributed by atoms with Gasteiger partial charge in [0.15, 0.2) is 0 Å². The lowest BCUT2D eigenvalue weighted by Gasteiger charge is -2.35. The maximum absolute atomic E-state index is 3.69. The maximum Gasteiger partial charge on any atom is 0.0631 e. The molecule has 1 heterocycles. The van der Waals surface area contributed by atoms with E-state index in [1.807, 2.05) is 0 Å². The summed E-state index contributed by atoms with van der Waals surface area (Å²) in [6.07, 6.45) is 3.84. The Labute approximate surface area is 153 Å². The predicted molar refractivity (Wildman–Crippen MR) is 102 cm³/mol. The summed E-state index contributed by atoms with van der Waals surface area (Å²) in [6.45, 7) is 8.30. The molecule has 0 amide bonds. The number of anilines is 1. The molecule has 1 unspecified atom stereocenters. The van der Waals surface area contributed by atoms with Crippen molar-refractivity contribution in [1.29, 1.82) is 0 Å². The lowest BCUT2D eigenvalue weighted by atomic mass is 9.90. The normalized spacial score (nSPS) is 18.7. The van der Waals surface area contributed by atoms with Crippen LogP contribution >= 0.6 is 47.8 Å². The van der Waals surface area contributed by atoms with Gasteiger partial charge in [-0.1, -0.05) is 22.9 Å². The highest BCUT2D eigenvalue weighted by molar-refractivity contribution is 9.11. The van der Waals surface area contributed by atoms with Gasteiger partial charge in [0.05, 0.1) is 5.69 Å². The Morgan fingerprint density at radius 1 is 1.19 bits per heavy atom. The van der Waals surface area contributed by atoms with E-state index in [9.17, 15) is 0 Å². The lowest BCUT2D eigenvalue weighted by Crippen LogP contribution is -2.39. The van der Waals surface area contributed by atoms with E-state index in [1.54, 1.807) is 0 Å². The number of nitrogens with one attached hydrogen (secondary N) is 1. The Kier molecular flexibility index (Phi) is 7.04. The van der Waals surface area contributed by atoms with Crippen LogP contribution in [0.15, 0.2) is 25.6 Å². The molecular weight excluding hydrogens is 460 g/mol. The van der Waals surface area contributed by atoms with Gasteiger partial charge in [0, 0.05) is 19.5 Å². The number of rotatable bonds is 5. The van der Waals surface area contributed by atoms with Crippen molar-refractivity contribution in [3.8, 4) is 0 Å². The zero-order valence-electron chi connectivity index (χ0n) is 12.6. The Hall–Kier alpha value is 0.420. The van der Waals surface area contributed by atoms with E-state index in [0.29, 0.717) is 6.04 Å². The average Bonchev–Trinajstić information content (AvgIpc) is 2.43. The van der Waals surface area contributed by atoms with Crippen molar-refractivity contribution in [2.75, 3.05) is 25.0 Å². The van der Waals surface area contributed by atoms with Crippen LogP contribution < -0.4 is 5.32 Å². The minimum Gasteiger partial charge on any atom is -0.380 e. The predicted octanol–water partition coefficient (Wildman–Crippen LogP) is 5.90. The van der Waals surface area contributed by atoms with Gasteiger partial charge in [-0.15, -0.1) is 0 Å². The smallest absolute Gasteiger partial charge is 0.0631 e. The fourth-order valence-corrected chi connectivity index (χ4v) is 5.51. The zero-order valence-corrected chi connectivity index (χ0v) is 17.4. The second kappa shape index (κ2) is 8.32. The van der Waals surface area contributed by atoms with Crippen LogP contribution in [0, 0.1) is 5.92 Å². The van der Waals surface area contributed by atoms with E-state index in [2.05, 4.69) is 84.0 Å². The number of hydrogen-bond donors (Lipinski definition) is 1. The lowest BCUT2D eigenvalue weighted by molar-refractivity contribution is 0.176. The number of hydrogen-bond acceptors (Lipinski definition) is 2. The van der Waals surface area contributed by atoms with E-state index in [4.69, 9.17) is 0 Å². The first-order valence-corrected chi connectivity index (χ1v) is 10.0. The van der Waals surface area contributed by atoms with Crippen LogP contribution in [0.3, 0.4) is 0 Å². The van der Waals surface area contributed by atoms with Crippen molar-refractivity contribution in [3.05, 3.63) is 25.6 Å². The molecule has 0 aliphatic carbocycles. The summed E-state index contributed by atoms with van der Waals surface area (Å²) >= 11 is 10.8. The minimum atomic E-state index is 0.488. The maximum atomic E-state index is 3.69. The van der Waals surface area contributed by atoms with Crippen molar-refractivity contribution >= 4 is 53.5 Å². The third-order valence-electron chi connectivity index (χ3n) is 4.26. The van der Waals surface area contributed by atoms with Gasteiger partial charge in [-0.25, -0.2) is 0 Å². The van der Waals surface area contributed by atoms with E-state index >= 15 is 0 Å². The number of piperidine rings is 1. The van der Waals surface area contributed by atoms with Crippen LogP contribution in [-0.4, -0.2) is 30.6 Å². The van der Waals surface area contributed by atoms with Crippen LogP contribution in [0.5, 0.6) is 0 Å². The second-order valence-electron chi connectivity index (χ2n) is 5.86. The van der Waals surface area contributed by atoms with Crippen molar-refractivity contribution in [1.82, 2.24) is 4.90 Å². The molecule has 0 bridgehead atoms. The van der Waals surface area contributed by atoms with Crippen molar-refractivity contribution in [2.24, 2.45) is 5.92 Å². The van der Waals surface area contributed by atoms with Crippen molar-refractivity contribution in [2.45, 2.75) is 39.2 Å². The van der Waals surface area contributed by atoms with E-state index in [1.165, 1.54) is 38.9 Å². The molecule has 0 aromatic heterocycles. The highest BCUT2D eigenvalue weighted by atomic mass is 79.9. The summed E-state index contributed by atoms with van der Waals surface area (Å²) in [5.41, 5.74) is 1.15. The molecule has 2 rings (SSSR count). The summed E-state index contributed by atoms with van der Waals surface area (Å²) in [4.78, 5) is 2.59. The molecule has 1 fully saturated rings. The molecule has 1 atom stereocenters. The van der Waals surface area contributed by atoms with Gasteiger partial charge >= 0.3 is 0 Å². The topological polar surface area (TPSA) is 15.3 Å². The SMILES string of the molecule is CCCN1CCC(C(C)Nc2c(Br)cc(Br)cc2Br)CC1. The van der Waals surface area contributed by atoms with Gasteiger partial charge in [-0.3, -0.25) is 0 Å². The Morgan fingerprint density at radius 2 is 1.76 bits per heavy atom. The number of benzene rings is 1. The zero-order chi connectivity index (χ0) is 15.4. The van der Waals surface area contributed by atoms with Crippen LogP contribution in [-0.2, 0) is 0 Å². The summed E-state index contributed by atoms with van der Waals surface area (Å²) in [7, 11) is 0. The Morgan fingerprint density at radius 3 is 2.29 bits per heavy atom. The van der Waals surface area contributed by atoms with E-state index in [0.717, 1.165) is 25.0 Å². The molecule has 118 valence electrons. The third kappa shape index (κ3) is 4.95. The molecule has 1 aromatic rings. The molecule has 0 spiro atoms. The molecule has 2 nitrogen and oxygen atoms in total. The highest BCUT2D eigenvalue weighted by Crippen LogP contribution is 2.36. The van der Waals surface area contributed by atoms with E-state index < -0.39 is 0 Å². The van der Waals surface area contributed by atoms with Gasteiger partial charge in [-0.2, -0.15) is 0 Å². The monoisotopic (exact) mass is 480 g/mol. The van der Waals surface area contributed by atoms with Gasteiger partial charge in [0.2, 0.25) is 0 Å². The summed E-state index contributed by atoms with van der Waals surface area (Å²) in [6, 6.07) is 4.66. The molecule has 21 heavy (non-hydrogen) atoms.